The van der Waals surface area contributed by atoms with Gasteiger partial charge in [-0.15, -0.1) is 0 Å². The SMILES string of the molecule is O=C1CC2(CCCCCC2)C(Cc2ccccc2)N1. The first-order valence-electron chi connectivity index (χ1n) is 7.62. The van der Waals surface area contributed by atoms with Gasteiger partial charge in [-0.3, -0.25) is 4.79 Å². The molecule has 1 N–H and O–H groups in total. The minimum atomic E-state index is 0.240. The number of amides is 1. The second-order valence-electron chi connectivity index (χ2n) is 6.26. The van der Waals surface area contributed by atoms with Crippen LogP contribution in [0.1, 0.15) is 50.5 Å². The molecule has 0 bridgehead atoms. The maximum Gasteiger partial charge on any atom is 0.220 e. The van der Waals surface area contributed by atoms with Gasteiger partial charge in [-0.05, 0) is 30.2 Å². The van der Waals surface area contributed by atoms with Gasteiger partial charge in [0.25, 0.3) is 0 Å². The molecule has 1 saturated carbocycles. The van der Waals surface area contributed by atoms with Crippen LogP contribution >= 0.6 is 0 Å². The number of carbonyl (C=O) groups is 1. The van der Waals surface area contributed by atoms with Crippen molar-refractivity contribution in [2.45, 2.75) is 57.4 Å². The molecule has 2 aliphatic rings. The van der Waals surface area contributed by atoms with Crippen LogP contribution in [-0.2, 0) is 11.2 Å². The molecule has 1 aliphatic carbocycles. The summed E-state index contributed by atoms with van der Waals surface area (Å²) in [6.45, 7) is 0. The Morgan fingerprint density at radius 3 is 2.42 bits per heavy atom. The Kier molecular flexibility index (Phi) is 3.58. The maximum atomic E-state index is 11.9. The van der Waals surface area contributed by atoms with Crippen LogP contribution in [-0.4, -0.2) is 11.9 Å². The molecule has 0 aromatic heterocycles. The second kappa shape index (κ2) is 5.36. The van der Waals surface area contributed by atoms with Gasteiger partial charge in [-0.1, -0.05) is 56.0 Å². The van der Waals surface area contributed by atoms with E-state index in [0.717, 1.165) is 12.8 Å². The van der Waals surface area contributed by atoms with Crippen molar-refractivity contribution in [2.75, 3.05) is 0 Å². The number of rotatable bonds is 2. The number of nitrogens with one attached hydrogen (secondary N) is 1. The summed E-state index contributed by atoms with van der Waals surface area (Å²) < 4.78 is 0. The molecule has 3 rings (SSSR count). The highest BCUT2D eigenvalue weighted by Crippen LogP contribution is 2.45. The lowest BCUT2D eigenvalue weighted by atomic mass is 9.72. The summed E-state index contributed by atoms with van der Waals surface area (Å²) in [6.07, 6.45) is 9.46. The Morgan fingerprint density at radius 2 is 1.74 bits per heavy atom. The normalized spacial score (nSPS) is 26.1. The third-order valence-corrected chi connectivity index (χ3v) is 4.97. The molecule has 2 nitrogen and oxygen atoms in total. The Morgan fingerprint density at radius 1 is 1.05 bits per heavy atom. The molecule has 1 aliphatic heterocycles. The second-order valence-corrected chi connectivity index (χ2v) is 6.26. The van der Waals surface area contributed by atoms with Crippen molar-refractivity contribution >= 4 is 5.91 Å². The molecule has 1 spiro atoms. The molecule has 1 unspecified atom stereocenters. The van der Waals surface area contributed by atoms with E-state index in [4.69, 9.17) is 0 Å². The smallest absolute Gasteiger partial charge is 0.220 e. The van der Waals surface area contributed by atoms with Crippen LogP contribution in [0.15, 0.2) is 30.3 Å². The average Bonchev–Trinajstić information content (AvgIpc) is 2.60. The van der Waals surface area contributed by atoms with E-state index in [-0.39, 0.29) is 11.3 Å². The zero-order chi connectivity index (χ0) is 13.1. The molecule has 1 aromatic carbocycles. The lowest BCUT2D eigenvalue weighted by Crippen LogP contribution is -2.38. The molecule has 19 heavy (non-hydrogen) atoms. The highest BCUT2D eigenvalue weighted by Gasteiger charge is 2.46. The van der Waals surface area contributed by atoms with Gasteiger partial charge in [0.1, 0.15) is 0 Å². The zero-order valence-electron chi connectivity index (χ0n) is 11.5. The van der Waals surface area contributed by atoms with Crippen molar-refractivity contribution in [1.29, 1.82) is 0 Å². The topological polar surface area (TPSA) is 29.1 Å². The summed E-state index contributed by atoms with van der Waals surface area (Å²) in [4.78, 5) is 11.9. The van der Waals surface area contributed by atoms with Gasteiger partial charge >= 0.3 is 0 Å². The molecule has 1 heterocycles. The van der Waals surface area contributed by atoms with Crippen molar-refractivity contribution in [1.82, 2.24) is 5.32 Å². The van der Waals surface area contributed by atoms with Crippen molar-refractivity contribution in [3.8, 4) is 0 Å². The molecule has 1 atom stereocenters. The van der Waals surface area contributed by atoms with Crippen LogP contribution in [0.2, 0.25) is 0 Å². The summed E-state index contributed by atoms with van der Waals surface area (Å²) in [5.74, 6) is 0.267. The van der Waals surface area contributed by atoms with Crippen LogP contribution in [0.5, 0.6) is 0 Å². The standard InChI is InChI=1S/C17H23NO/c19-16-13-17(10-6-1-2-7-11-17)15(18-16)12-14-8-4-3-5-9-14/h3-5,8-9,15H,1-2,6-7,10-13H2,(H,18,19). The van der Waals surface area contributed by atoms with Crippen molar-refractivity contribution in [3.63, 3.8) is 0 Å². The number of hydrogen-bond donors (Lipinski definition) is 1. The first kappa shape index (κ1) is 12.7. The fourth-order valence-electron chi connectivity index (χ4n) is 3.92. The van der Waals surface area contributed by atoms with Crippen LogP contribution in [0.4, 0.5) is 0 Å². The van der Waals surface area contributed by atoms with Crippen molar-refractivity contribution in [2.24, 2.45) is 5.41 Å². The molecule has 2 heteroatoms. The van der Waals surface area contributed by atoms with Crippen LogP contribution in [0, 0.1) is 5.41 Å². The molecule has 1 saturated heterocycles. The highest BCUT2D eigenvalue weighted by atomic mass is 16.2. The Bertz CT molecular complexity index is 432. The Labute approximate surface area is 115 Å². The molecule has 1 aromatic rings. The largest absolute Gasteiger partial charge is 0.352 e. The first-order chi connectivity index (χ1) is 9.28. The Hall–Kier alpha value is -1.31. The number of benzene rings is 1. The van der Waals surface area contributed by atoms with E-state index in [0.29, 0.717) is 6.04 Å². The minimum absolute atomic E-state index is 0.240. The fourth-order valence-corrected chi connectivity index (χ4v) is 3.92. The number of carbonyl (C=O) groups excluding carboxylic acids is 1. The van der Waals surface area contributed by atoms with Crippen LogP contribution in [0.3, 0.4) is 0 Å². The van der Waals surface area contributed by atoms with Gasteiger partial charge in [-0.25, -0.2) is 0 Å². The Balaban J connectivity index is 1.79. The molecule has 102 valence electrons. The van der Waals surface area contributed by atoms with E-state index in [2.05, 4.69) is 35.6 Å². The van der Waals surface area contributed by atoms with E-state index < -0.39 is 0 Å². The van der Waals surface area contributed by atoms with E-state index in [1.807, 2.05) is 0 Å². The van der Waals surface area contributed by atoms with Gasteiger partial charge in [0.15, 0.2) is 0 Å². The lowest BCUT2D eigenvalue weighted by Gasteiger charge is -2.33. The predicted molar refractivity (Wildman–Crippen MR) is 76.8 cm³/mol. The molecule has 2 fully saturated rings. The molecular weight excluding hydrogens is 234 g/mol. The van der Waals surface area contributed by atoms with Gasteiger partial charge in [0.2, 0.25) is 5.91 Å². The first-order valence-corrected chi connectivity index (χ1v) is 7.62. The van der Waals surface area contributed by atoms with E-state index in [9.17, 15) is 4.79 Å². The maximum absolute atomic E-state index is 11.9. The average molecular weight is 257 g/mol. The van der Waals surface area contributed by atoms with Crippen molar-refractivity contribution in [3.05, 3.63) is 35.9 Å². The van der Waals surface area contributed by atoms with E-state index >= 15 is 0 Å². The van der Waals surface area contributed by atoms with E-state index in [1.54, 1.807) is 0 Å². The summed E-state index contributed by atoms with van der Waals surface area (Å²) in [6, 6.07) is 10.9. The molecule has 0 radical (unpaired) electrons. The van der Waals surface area contributed by atoms with Crippen LogP contribution < -0.4 is 5.32 Å². The quantitative estimate of drug-likeness (QED) is 0.863. The monoisotopic (exact) mass is 257 g/mol. The lowest BCUT2D eigenvalue weighted by molar-refractivity contribution is -0.119. The van der Waals surface area contributed by atoms with Gasteiger partial charge in [-0.2, -0.15) is 0 Å². The van der Waals surface area contributed by atoms with E-state index in [1.165, 1.54) is 44.1 Å². The molecular formula is C17H23NO. The minimum Gasteiger partial charge on any atom is -0.352 e. The third-order valence-electron chi connectivity index (χ3n) is 4.97. The summed E-state index contributed by atoms with van der Waals surface area (Å²) in [5, 5.41) is 3.25. The van der Waals surface area contributed by atoms with Gasteiger partial charge in [0, 0.05) is 12.5 Å². The summed E-state index contributed by atoms with van der Waals surface area (Å²) >= 11 is 0. The summed E-state index contributed by atoms with van der Waals surface area (Å²) in [7, 11) is 0. The van der Waals surface area contributed by atoms with Gasteiger partial charge < -0.3 is 5.32 Å². The fraction of sp³-hybridized carbons (Fsp3) is 0.588. The van der Waals surface area contributed by atoms with Crippen LogP contribution in [0.25, 0.3) is 0 Å². The predicted octanol–water partition coefficient (Wildman–Crippen LogP) is 3.46. The van der Waals surface area contributed by atoms with Gasteiger partial charge in [0.05, 0.1) is 0 Å². The van der Waals surface area contributed by atoms with Crippen molar-refractivity contribution < 1.29 is 4.79 Å². The highest BCUT2D eigenvalue weighted by molar-refractivity contribution is 5.80. The summed E-state index contributed by atoms with van der Waals surface area (Å²) in [5.41, 5.74) is 1.59. The third kappa shape index (κ3) is 2.68. The molecule has 1 amide bonds. The number of hydrogen-bond acceptors (Lipinski definition) is 1. The zero-order valence-corrected chi connectivity index (χ0v) is 11.5.